The summed E-state index contributed by atoms with van der Waals surface area (Å²) < 4.78 is 5.54. The first-order chi connectivity index (χ1) is 8.19. The van der Waals surface area contributed by atoms with Crippen LogP contribution in [0.4, 0.5) is 0 Å². The van der Waals surface area contributed by atoms with Crippen molar-refractivity contribution in [2.24, 2.45) is 17.6 Å². The quantitative estimate of drug-likeness (QED) is 0.762. The van der Waals surface area contributed by atoms with E-state index in [-0.39, 0.29) is 12.5 Å². The van der Waals surface area contributed by atoms with Gasteiger partial charge in [-0.3, -0.25) is 4.79 Å². The van der Waals surface area contributed by atoms with E-state index in [1.807, 2.05) is 6.92 Å². The predicted octanol–water partition coefficient (Wildman–Crippen LogP) is 1.25. The monoisotopic (exact) mass is 242 g/mol. The average Bonchev–Trinajstić information content (AvgIpc) is 2.38. The molecular formula is C13H26N2O2. The van der Waals surface area contributed by atoms with Crippen LogP contribution in [0.5, 0.6) is 0 Å². The molecule has 0 heterocycles. The van der Waals surface area contributed by atoms with Crippen molar-refractivity contribution in [3.05, 3.63) is 0 Å². The molecule has 0 spiro atoms. The number of rotatable bonds is 6. The Morgan fingerprint density at radius 2 is 2.00 bits per heavy atom. The zero-order chi connectivity index (χ0) is 12.7. The van der Waals surface area contributed by atoms with Gasteiger partial charge in [0, 0.05) is 13.6 Å². The van der Waals surface area contributed by atoms with Gasteiger partial charge < -0.3 is 15.4 Å². The highest BCUT2D eigenvalue weighted by Crippen LogP contribution is 2.29. The van der Waals surface area contributed by atoms with Gasteiger partial charge in [0.05, 0.1) is 6.61 Å². The molecule has 0 aromatic carbocycles. The number of ether oxygens (including phenoxy) is 1. The van der Waals surface area contributed by atoms with Crippen molar-refractivity contribution in [2.45, 2.75) is 32.6 Å². The van der Waals surface area contributed by atoms with Crippen LogP contribution in [0.3, 0.4) is 0 Å². The molecule has 0 saturated heterocycles. The fourth-order valence-corrected chi connectivity index (χ4v) is 2.40. The Balaban J connectivity index is 2.22. The molecule has 2 N–H and O–H groups in total. The molecule has 2 atom stereocenters. The highest BCUT2D eigenvalue weighted by molar-refractivity contribution is 5.77. The first kappa shape index (κ1) is 14.5. The highest BCUT2D eigenvalue weighted by Gasteiger charge is 2.24. The van der Waals surface area contributed by atoms with Crippen LogP contribution in [0.25, 0.3) is 0 Å². The van der Waals surface area contributed by atoms with Crippen LogP contribution < -0.4 is 5.73 Å². The van der Waals surface area contributed by atoms with Crippen LogP contribution in [0.15, 0.2) is 0 Å². The number of amides is 1. The Kier molecular flexibility index (Phi) is 6.52. The molecule has 1 amide bonds. The van der Waals surface area contributed by atoms with Crippen molar-refractivity contribution in [3.8, 4) is 0 Å². The maximum Gasteiger partial charge on any atom is 0.248 e. The predicted molar refractivity (Wildman–Crippen MR) is 68.6 cm³/mol. The smallest absolute Gasteiger partial charge is 0.248 e. The third-order valence-corrected chi connectivity index (χ3v) is 3.83. The third kappa shape index (κ3) is 4.64. The summed E-state index contributed by atoms with van der Waals surface area (Å²) in [4.78, 5) is 13.2. The Bertz CT molecular complexity index is 233. The van der Waals surface area contributed by atoms with Gasteiger partial charge in [-0.2, -0.15) is 0 Å². The van der Waals surface area contributed by atoms with Crippen LogP contribution in [-0.4, -0.2) is 44.2 Å². The molecule has 1 saturated carbocycles. The SMILES string of the molecule is CCN(C)C(=O)COCC1CCCCC1CN. The molecule has 0 aromatic heterocycles. The molecular weight excluding hydrogens is 216 g/mol. The van der Waals surface area contributed by atoms with Gasteiger partial charge in [0.15, 0.2) is 0 Å². The minimum absolute atomic E-state index is 0.0626. The van der Waals surface area contributed by atoms with Crippen molar-refractivity contribution in [1.82, 2.24) is 4.90 Å². The zero-order valence-electron chi connectivity index (χ0n) is 11.2. The average molecular weight is 242 g/mol. The number of likely N-dealkylation sites (N-methyl/N-ethyl adjacent to an activating group) is 1. The van der Waals surface area contributed by atoms with Crippen LogP contribution in [0, 0.1) is 11.8 Å². The third-order valence-electron chi connectivity index (χ3n) is 3.83. The van der Waals surface area contributed by atoms with Gasteiger partial charge in [-0.15, -0.1) is 0 Å². The summed E-state index contributed by atoms with van der Waals surface area (Å²) in [7, 11) is 1.80. The standard InChI is InChI=1S/C13H26N2O2/c1-3-15(2)13(16)10-17-9-12-7-5-4-6-11(12)8-14/h11-12H,3-10,14H2,1-2H3. The Labute approximate surface area is 104 Å². The number of nitrogens with two attached hydrogens (primary N) is 1. The minimum atomic E-state index is 0.0626. The molecule has 0 radical (unpaired) electrons. The van der Waals surface area contributed by atoms with Gasteiger partial charge in [0.1, 0.15) is 6.61 Å². The van der Waals surface area contributed by atoms with Crippen molar-refractivity contribution in [2.75, 3.05) is 33.4 Å². The van der Waals surface area contributed by atoms with E-state index in [4.69, 9.17) is 10.5 Å². The number of carbonyl (C=O) groups excluding carboxylic acids is 1. The molecule has 0 aromatic rings. The Hall–Kier alpha value is -0.610. The maximum absolute atomic E-state index is 11.5. The molecule has 1 aliphatic carbocycles. The fourth-order valence-electron chi connectivity index (χ4n) is 2.40. The van der Waals surface area contributed by atoms with E-state index in [9.17, 15) is 4.79 Å². The molecule has 4 nitrogen and oxygen atoms in total. The van der Waals surface area contributed by atoms with E-state index in [1.165, 1.54) is 25.7 Å². The summed E-state index contributed by atoms with van der Waals surface area (Å²) in [6.07, 6.45) is 4.97. The second-order valence-electron chi connectivity index (χ2n) is 4.96. The summed E-state index contributed by atoms with van der Waals surface area (Å²) in [6.45, 7) is 4.33. The van der Waals surface area contributed by atoms with E-state index in [1.54, 1.807) is 11.9 Å². The molecule has 1 aliphatic rings. The second kappa shape index (κ2) is 7.67. The van der Waals surface area contributed by atoms with E-state index in [2.05, 4.69) is 0 Å². The van der Waals surface area contributed by atoms with Crippen molar-refractivity contribution in [3.63, 3.8) is 0 Å². The zero-order valence-corrected chi connectivity index (χ0v) is 11.2. The van der Waals surface area contributed by atoms with Crippen LogP contribution >= 0.6 is 0 Å². The number of hydrogen-bond donors (Lipinski definition) is 1. The van der Waals surface area contributed by atoms with E-state index in [0.29, 0.717) is 18.4 Å². The summed E-state index contributed by atoms with van der Waals surface area (Å²) in [5.74, 6) is 1.20. The lowest BCUT2D eigenvalue weighted by Crippen LogP contribution is -2.33. The van der Waals surface area contributed by atoms with E-state index in [0.717, 1.165) is 13.1 Å². The molecule has 1 fully saturated rings. The van der Waals surface area contributed by atoms with Crippen LogP contribution in [0.1, 0.15) is 32.6 Å². The lowest BCUT2D eigenvalue weighted by molar-refractivity contribution is -0.135. The largest absolute Gasteiger partial charge is 0.371 e. The summed E-state index contributed by atoms with van der Waals surface area (Å²) in [5, 5.41) is 0. The molecule has 0 bridgehead atoms. The Morgan fingerprint density at radius 1 is 1.35 bits per heavy atom. The number of nitrogens with zero attached hydrogens (tertiary/aromatic N) is 1. The molecule has 17 heavy (non-hydrogen) atoms. The second-order valence-corrected chi connectivity index (χ2v) is 4.96. The topological polar surface area (TPSA) is 55.6 Å². The van der Waals surface area contributed by atoms with Crippen LogP contribution in [-0.2, 0) is 9.53 Å². The van der Waals surface area contributed by atoms with Gasteiger partial charge in [0.25, 0.3) is 0 Å². The van der Waals surface area contributed by atoms with Gasteiger partial charge in [-0.05, 0) is 38.1 Å². The minimum Gasteiger partial charge on any atom is -0.371 e. The fraction of sp³-hybridized carbons (Fsp3) is 0.923. The lowest BCUT2D eigenvalue weighted by Gasteiger charge is -2.30. The normalized spacial score (nSPS) is 24.6. The van der Waals surface area contributed by atoms with Crippen LogP contribution in [0.2, 0.25) is 0 Å². The maximum atomic E-state index is 11.5. The lowest BCUT2D eigenvalue weighted by atomic mass is 9.80. The van der Waals surface area contributed by atoms with Gasteiger partial charge in [-0.1, -0.05) is 12.8 Å². The van der Waals surface area contributed by atoms with Crippen molar-refractivity contribution < 1.29 is 9.53 Å². The summed E-state index contributed by atoms with van der Waals surface area (Å²) >= 11 is 0. The summed E-state index contributed by atoms with van der Waals surface area (Å²) in [6, 6.07) is 0. The van der Waals surface area contributed by atoms with E-state index >= 15 is 0 Å². The molecule has 2 unspecified atom stereocenters. The molecule has 1 rings (SSSR count). The molecule has 100 valence electrons. The Morgan fingerprint density at radius 3 is 2.59 bits per heavy atom. The molecule has 4 heteroatoms. The number of hydrogen-bond acceptors (Lipinski definition) is 3. The highest BCUT2D eigenvalue weighted by atomic mass is 16.5. The first-order valence-electron chi connectivity index (χ1n) is 6.70. The number of carbonyl (C=O) groups is 1. The van der Waals surface area contributed by atoms with Gasteiger partial charge >= 0.3 is 0 Å². The van der Waals surface area contributed by atoms with Gasteiger partial charge in [0.2, 0.25) is 5.91 Å². The summed E-state index contributed by atoms with van der Waals surface area (Å²) in [5.41, 5.74) is 5.76. The van der Waals surface area contributed by atoms with Gasteiger partial charge in [-0.25, -0.2) is 0 Å². The molecule has 0 aliphatic heterocycles. The van der Waals surface area contributed by atoms with Crippen molar-refractivity contribution >= 4 is 5.91 Å². The first-order valence-corrected chi connectivity index (χ1v) is 6.70. The van der Waals surface area contributed by atoms with Crippen molar-refractivity contribution in [1.29, 1.82) is 0 Å². The van der Waals surface area contributed by atoms with E-state index < -0.39 is 0 Å².